The van der Waals surface area contributed by atoms with E-state index >= 15 is 0 Å². The van der Waals surface area contributed by atoms with Gasteiger partial charge in [-0.2, -0.15) is 10.1 Å². The lowest BCUT2D eigenvalue weighted by atomic mass is 10.1. The molecule has 1 aromatic heterocycles. The van der Waals surface area contributed by atoms with Gasteiger partial charge in [0, 0.05) is 11.6 Å². The first-order valence-electron chi connectivity index (χ1n) is 10.3. The van der Waals surface area contributed by atoms with Crippen LogP contribution in [0.25, 0.3) is 11.4 Å². The number of benzene rings is 2. The molecule has 2 aromatic carbocycles. The number of rotatable bonds is 4. The van der Waals surface area contributed by atoms with Gasteiger partial charge in [-0.1, -0.05) is 10.4 Å². The van der Waals surface area contributed by atoms with Gasteiger partial charge in [0.1, 0.15) is 6.54 Å². The molecule has 5 heterocycles. The van der Waals surface area contributed by atoms with Gasteiger partial charge in [-0.25, -0.2) is 4.90 Å². The number of hydrogen-bond acceptors (Lipinski definition) is 12. The SMILES string of the molecule is O=C1[C@H]2N=NN(Cc3nc(-c4ccc5c(c4)OCO5)no3)[C@@H]2C(=O)N1c1ccc2c(c1)OCO2. The summed E-state index contributed by atoms with van der Waals surface area (Å²) < 4.78 is 26.7. The van der Waals surface area contributed by atoms with Crippen molar-refractivity contribution in [2.75, 3.05) is 18.5 Å². The summed E-state index contributed by atoms with van der Waals surface area (Å²) in [5, 5.41) is 13.4. The lowest BCUT2D eigenvalue weighted by Gasteiger charge is -2.19. The Hall–Kier alpha value is -4.68. The van der Waals surface area contributed by atoms with E-state index in [-0.39, 0.29) is 26.0 Å². The molecule has 1 saturated heterocycles. The average Bonchev–Trinajstić information content (AvgIpc) is 3.66. The molecule has 0 unspecified atom stereocenters. The van der Waals surface area contributed by atoms with E-state index in [1.54, 1.807) is 36.4 Å². The predicted octanol–water partition coefficient (Wildman–Crippen LogP) is 1.69. The van der Waals surface area contributed by atoms with E-state index < -0.39 is 23.9 Å². The van der Waals surface area contributed by atoms with Gasteiger partial charge in [0.2, 0.25) is 25.3 Å². The maximum Gasteiger partial charge on any atom is 0.263 e. The Morgan fingerprint density at radius 1 is 0.882 bits per heavy atom. The van der Waals surface area contributed by atoms with Crippen molar-refractivity contribution in [3.63, 3.8) is 0 Å². The summed E-state index contributed by atoms with van der Waals surface area (Å²) in [7, 11) is 0. The van der Waals surface area contributed by atoms with Crippen LogP contribution in [0, 0.1) is 0 Å². The highest BCUT2D eigenvalue weighted by molar-refractivity contribution is 6.25. The van der Waals surface area contributed by atoms with Gasteiger partial charge in [0.25, 0.3) is 11.8 Å². The minimum Gasteiger partial charge on any atom is -0.454 e. The first kappa shape index (κ1) is 18.8. The summed E-state index contributed by atoms with van der Waals surface area (Å²) in [4.78, 5) is 31.6. The number of aromatic nitrogens is 2. The normalized spacial score (nSPS) is 21.6. The zero-order valence-corrected chi connectivity index (χ0v) is 17.3. The zero-order valence-electron chi connectivity index (χ0n) is 17.3. The Bertz CT molecular complexity index is 1390. The molecule has 34 heavy (non-hydrogen) atoms. The van der Waals surface area contributed by atoms with Gasteiger partial charge in [0.15, 0.2) is 35.1 Å². The lowest BCUT2D eigenvalue weighted by molar-refractivity contribution is -0.123. The van der Waals surface area contributed by atoms with Crippen LogP contribution >= 0.6 is 0 Å². The van der Waals surface area contributed by atoms with Crippen molar-refractivity contribution in [1.29, 1.82) is 0 Å². The van der Waals surface area contributed by atoms with Crippen LogP contribution < -0.4 is 23.8 Å². The average molecular weight is 462 g/mol. The van der Waals surface area contributed by atoms with Crippen LogP contribution in [0.2, 0.25) is 0 Å². The summed E-state index contributed by atoms with van der Waals surface area (Å²) in [6.07, 6.45) is 0. The predicted molar refractivity (Wildman–Crippen MR) is 109 cm³/mol. The Labute approximate surface area is 190 Å². The van der Waals surface area contributed by atoms with Crippen LogP contribution in [-0.4, -0.2) is 52.6 Å². The molecule has 0 N–H and O–H groups in total. The summed E-state index contributed by atoms with van der Waals surface area (Å²) >= 11 is 0. The number of carbonyl (C=O) groups excluding carboxylic acids is 2. The molecule has 170 valence electrons. The third-order valence-electron chi connectivity index (χ3n) is 5.87. The third-order valence-corrected chi connectivity index (χ3v) is 5.87. The van der Waals surface area contributed by atoms with Crippen LogP contribution in [0.15, 0.2) is 51.3 Å². The van der Waals surface area contributed by atoms with E-state index in [1.165, 1.54) is 5.01 Å². The first-order valence-corrected chi connectivity index (χ1v) is 10.3. The monoisotopic (exact) mass is 462 g/mol. The summed E-state index contributed by atoms with van der Waals surface area (Å²) in [6, 6.07) is 8.33. The van der Waals surface area contributed by atoms with E-state index in [4.69, 9.17) is 23.5 Å². The topological polar surface area (TPSA) is 141 Å². The minimum atomic E-state index is -0.950. The van der Waals surface area contributed by atoms with E-state index in [2.05, 4.69) is 20.5 Å². The minimum absolute atomic E-state index is 0.0101. The number of hydrogen-bond donors (Lipinski definition) is 0. The largest absolute Gasteiger partial charge is 0.454 e. The number of anilines is 1. The van der Waals surface area contributed by atoms with Gasteiger partial charge in [-0.05, 0) is 30.3 Å². The molecule has 4 aliphatic rings. The number of nitrogens with zero attached hydrogens (tertiary/aromatic N) is 6. The van der Waals surface area contributed by atoms with Crippen LogP contribution in [-0.2, 0) is 16.1 Å². The fourth-order valence-electron chi connectivity index (χ4n) is 4.24. The van der Waals surface area contributed by atoms with E-state index in [1.807, 2.05) is 0 Å². The molecule has 2 amide bonds. The molecular weight excluding hydrogens is 448 g/mol. The van der Waals surface area contributed by atoms with E-state index in [0.29, 0.717) is 40.1 Å². The third kappa shape index (κ3) is 2.73. The molecule has 7 rings (SSSR count). The second-order valence-corrected chi connectivity index (χ2v) is 7.82. The van der Waals surface area contributed by atoms with Crippen molar-refractivity contribution >= 4 is 17.5 Å². The highest BCUT2D eigenvalue weighted by atomic mass is 16.7. The lowest BCUT2D eigenvalue weighted by Crippen LogP contribution is -2.39. The van der Waals surface area contributed by atoms with Gasteiger partial charge >= 0.3 is 0 Å². The van der Waals surface area contributed by atoms with Gasteiger partial charge in [-0.3, -0.25) is 14.6 Å². The van der Waals surface area contributed by atoms with Gasteiger partial charge < -0.3 is 23.5 Å². The maximum atomic E-state index is 13.2. The highest BCUT2D eigenvalue weighted by Gasteiger charge is 2.55. The summed E-state index contributed by atoms with van der Waals surface area (Å²) in [5.74, 6) is 1.91. The molecule has 0 spiro atoms. The molecular formula is C21H14N6O7. The van der Waals surface area contributed by atoms with Crippen molar-refractivity contribution < 1.29 is 33.1 Å². The molecule has 0 radical (unpaired) electrons. The number of ether oxygens (including phenoxy) is 4. The first-order chi connectivity index (χ1) is 16.7. The van der Waals surface area contributed by atoms with E-state index in [0.717, 1.165) is 4.90 Å². The molecule has 4 aliphatic heterocycles. The molecule has 0 saturated carbocycles. The maximum absolute atomic E-state index is 13.2. The second-order valence-electron chi connectivity index (χ2n) is 7.82. The van der Waals surface area contributed by atoms with Gasteiger partial charge in [0.05, 0.1) is 5.69 Å². The molecule has 0 bridgehead atoms. The second kappa shape index (κ2) is 6.91. The summed E-state index contributed by atoms with van der Waals surface area (Å²) in [5.41, 5.74) is 1.06. The molecule has 13 heteroatoms. The fourth-order valence-corrected chi connectivity index (χ4v) is 4.24. The Kier molecular flexibility index (Phi) is 3.83. The number of imide groups is 1. The van der Waals surface area contributed by atoms with Crippen LogP contribution in [0.5, 0.6) is 23.0 Å². The Morgan fingerprint density at radius 2 is 1.62 bits per heavy atom. The molecule has 3 aromatic rings. The van der Waals surface area contributed by atoms with E-state index in [9.17, 15) is 9.59 Å². The van der Waals surface area contributed by atoms with Crippen molar-refractivity contribution in [1.82, 2.24) is 15.1 Å². The van der Waals surface area contributed by atoms with Crippen molar-refractivity contribution in [3.8, 4) is 34.4 Å². The van der Waals surface area contributed by atoms with Crippen molar-refractivity contribution in [2.45, 2.75) is 18.6 Å². The Morgan fingerprint density at radius 3 is 2.44 bits per heavy atom. The van der Waals surface area contributed by atoms with Crippen molar-refractivity contribution in [3.05, 3.63) is 42.3 Å². The molecule has 13 nitrogen and oxygen atoms in total. The zero-order chi connectivity index (χ0) is 22.8. The quantitative estimate of drug-likeness (QED) is 0.526. The standard InChI is InChI=1S/C21H14N6O7/c28-20-17-18(21(29)27(20)11-2-4-13-15(6-11)33-9-31-13)26(25-23-17)7-16-22-19(24-34-16)10-1-3-12-14(5-10)32-8-30-12/h1-6,17-18H,7-9H2/t17-,18-/m0/s1. The van der Waals surface area contributed by atoms with Gasteiger partial charge in [-0.15, -0.1) is 0 Å². The van der Waals surface area contributed by atoms with Crippen molar-refractivity contribution in [2.24, 2.45) is 10.3 Å². The molecule has 1 fully saturated rings. The molecule has 0 aliphatic carbocycles. The summed E-state index contributed by atoms with van der Waals surface area (Å²) in [6.45, 7) is 0.261. The smallest absolute Gasteiger partial charge is 0.263 e. The number of carbonyl (C=O) groups is 2. The number of fused-ring (bicyclic) bond motifs is 3. The van der Waals surface area contributed by atoms with Crippen LogP contribution in [0.3, 0.4) is 0 Å². The molecule has 2 atom stereocenters. The Balaban J connectivity index is 1.11. The fraction of sp³-hybridized carbons (Fsp3) is 0.238. The highest BCUT2D eigenvalue weighted by Crippen LogP contribution is 2.39. The van der Waals surface area contributed by atoms with Crippen LogP contribution in [0.4, 0.5) is 5.69 Å². The van der Waals surface area contributed by atoms with Crippen LogP contribution in [0.1, 0.15) is 5.89 Å². The number of amides is 2.